The van der Waals surface area contributed by atoms with E-state index < -0.39 is 0 Å². The molecule has 0 saturated carbocycles. The summed E-state index contributed by atoms with van der Waals surface area (Å²) in [5.74, 6) is 0.955. The van der Waals surface area contributed by atoms with Gasteiger partial charge in [-0.25, -0.2) is 0 Å². The Labute approximate surface area is 178 Å². The molecule has 0 bridgehead atoms. The fraction of sp³-hybridized carbons (Fsp3) is 0.611. The van der Waals surface area contributed by atoms with Crippen molar-refractivity contribution in [2.24, 2.45) is 4.99 Å². The Morgan fingerprint density at radius 3 is 2.54 bits per heavy atom. The standard InChI is InChI=1S/C18H29ClN4O2.HI/c1-3-20-18(21-8-13-25-15-14-24-2)23-11-9-22(10-12-23)17-7-5-4-6-16(17)19;/h4-7H,3,8-15H2,1-2H3,(H,20,21);1H. The molecule has 0 aromatic heterocycles. The van der Waals surface area contributed by atoms with Crippen molar-refractivity contribution in [1.29, 1.82) is 0 Å². The molecule has 0 aliphatic carbocycles. The van der Waals surface area contributed by atoms with Gasteiger partial charge in [-0.3, -0.25) is 4.99 Å². The SMILES string of the molecule is CCNC(=NCCOCCOC)N1CCN(c2ccccc2Cl)CC1.I. The number of aliphatic imine (C=N–C) groups is 1. The number of hydrogen-bond acceptors (Lipinski definition) is 4. The number of nitrogens with one attached hydrogen (secondary N) is 1. The van der Waals surface area contributed by atoms with E-state index in [1.54, 1.807) is 7.11 Å². The summed E-state index contributed by atoms with van der Waals surface area (Å²) in [6.07, 6.45) is 0. The lowest BCUT2D eigenvalue weighted by molar-refractivity contribution is 0.0747. The van der Waals surface area contributed by atoms with Gasteiger partial charge in [-0.1, -0.05) is 23.7 Å². The molecule has 2 rings (SSSR count). The maximum absolute atomic E-state index is 6.31. The summed E-state index contributed by atoms with van der Waals surface area (Å²) in [5.41, 5.74) is 1.11. The molecule has 1 saturated heterocycles. The van der Waals surface area contributed by atoms with E-state index in [2.05, 4.69) is 33.1 Å². The monoisotopic (exact) mass is 496 g/mol. The third-order valence-corrected chi connectivity index (χ3v) is 4.36. The molecule has 0 spiro atoms. The highest BCUT2D eigenvalue weighted by Crippen LogP contribution is 2.25. The zero-order valence-electron chi connectivity index (χ0n) is 15.6. The van der Waals surface area contributed by atoms with Gasteiger partial charge in [0.25, 0.3) is 0 Å². The van der Waals surface area contributed by atoms with Gasteiger partial charge >= 0.3 is 0 Å². The highest BCUT2D eigenvalue weighted by molar-refractivity contribution is 14.0. The molecular weight excluding hydrogens is 467 g/mol. The Morgan fingerprint density at radius 1 is 1.15 bits per heavy atom. The average Bonchev–Trinajstić information content (AvgIpc) is 2.64. The molecule has 0 unspecified atom stereocenters. The lowest BCUT2D eigenvalue weighted by Gasteiger charge is -2.38. The molecule has 1 N–H and O–H groups in total. The van der Waals surface area contributed by atoms with E-state index >= 15 is 0 Å². The molecule has 0 atom stereocenters. The first-order valence-electron chi connectivity index (χ1n) is 8.85. The van der Waals surface area contributed by atoms with Gasteiger partial charge < -0.3 is 24.6 Å². The smallest absolute Gasteiger partial charge is 0.194 e. The predicted octanol–water partition coefficient (Wildman–Crippen LogP) is 2.71. The van der Waals surface area contributed by atoms with Gasteiger partial charge in [-0.15, -0.1) is 24.0 Å². The second-order valence-electron chi connectivity index (χ2n) is 5.77. The highest BCUT2D eigenvalue weighted by Gasteiger charge is 2.20. The summed E-state index contributed by atoms with van der Waals surface area (Å²) in [5, 5.41) is 4.18. The minimum absolute atomic E-state index is 0. The van der Waals surface area contributed by atoms with Crippen LogP contribution in [0.1, 0.15) is 6.92 Å². The zero-order valence-corrected chi connectivity index (χ0v) is 18.7. The Balaban J connectivity index is 0.00000338. The van der Waals surface area contributed by atoms with Crippen molar-refractivity contribution in [2.75, 3.05) is 71.1 Å². The number of guanidine groups is 1. The second-order valence-corrected chi connectivity index (χ2v) is 6.17. The van der Waals surface area contributed by atoms with Crippen LogP contribution < -0.4 is 10.2 Å². The van der Waals surface area contributed by atoms with Crippen molar-refractivity contribution in [2.45, 2.75) is 6.92 Å². The number of piperazine rings is 1. The first kappa shape index (κ1) is 23.3. The summed E-state index contributed by atoms with van der Waals surface area (Å²) in [4.78, 5) is 9.30. The van der Waals surface area contributed by atoms with Crippen molar-refractivity contribution < 1.29 is 9.47 Å². The van der Waals surface area contributed by atoms with Crippen LogP contribution in [0.25, 0.3) is 0 Å². The Bertz CT molecular complexity index is 540. The number of ether oxygens (including phenoxy) is 2. The Hall–Kier alpha value is -0.770. The maximum Gasteiger partial charge on any atom is 0.194 e. The van der Waals surface area contributed by atoms with Crippen LogP contribution in [0.2, 0.25) is 5.02 Å². The Morgan fingerprint density at radius 2 is 1.88 bits per heavy atom. The van der Waals surface area contributed by atoms with E-state index in [1.165, 1.54) is 0 Å². The fourth-order valence-electron chi connectivity index (χ4n) is 2.75. The van der Waals surface area contributed by atoms with E-state index in [9.17, 15) is 0 Å². The van der Waals surface area contributed by atoms with E-state index in [0.717, 1.165) is 49.4 Å². The van der Waals surface area contributed by atoms with Crippen molar-refractivity contribution in [1.82, 2.24) is 10.2 Å². The molecule has 0 radical (unpaired) electrons. The largest absolute Gasteiger partial charge is 0.382 e. The van der Waals surface area contributed by atoms with Crippen LogP contribution >= 0.6 is 35.6 Å². The summed E-state index contributed by atoms with van der Waals surface area (Å²) in [7, 11) is 1.67. The van der Waals surface area contributed by atoms with E-state index in [-0.39, 0.29) is 24.0 Å². The summed E-state index contributed by atoms with van der Waals surface area (Å²) in [6, 6.07) is 8.02. The number of benzene rings is 1. The number of nitrogens with zero attached hydrogens (tertiary/aromatic N) is 3. The van der Waals surface area contributed by atoms with Crippen molar-refractivity contribution in [3.63, 3.8) is 0 Å². The van der Waals surface area contributed by atoms with Gasteiger partial charge in [-0.2, -0.15) is 0 Å². The normalized spacial score (nSPS) is 15.0. The van der Waals surface area contributed by atoms with Crippen LogP contribution in [0.5, 0.6) is 0 Å². The second kappa shape index (κ2) is 13.4. The van der Waals surface area contributed by atoms with E-state index in [0.29, 0.717) is 26.4 Å². The van der Waals surface area contributed by atoms with Crippen LogP contribution in [0.15, 0.2) is 29.3 Å². The molecule has 148 valence electrons. The van der Waals surface area contributed by atoms with Crippen LogP contribution in [-0.2, 0) is 9.47 Å². The van der Waals surface area contributed by atoms with Gasteiger partial charge in [-0.05, 0) is 19.1 Å². The lowest BCUT2D eigenvalue weighted by atomic mass is 10.2. The van der Waals surface area contributed by atoms with Crippen molar-refractivity contribution >= 4 is 47.2 Å². The molecule has 1 aromatic carbocycles. The average molecular weight is 497 g/mol. The van der Waals surface area contributed by atoms with Crippen LogP contribution in [0.3, 0.4) is 0 Å². The molecule has 6 nitrogen and oxygen atoms in total. The van der Waals surface area contributed by atoms with E-state index in [4.69, 9.17) is 21.1 Å². The van der Waals surface area contributed by atoms with Gasteiger partial charge in [0.2, 0.25) is 0 Å². The minimum Gasteiger partial charge on any atom is -0.382 e. The van der Waals surface area contributed by atoms with Gasteiger partial charge in [0.15, 0.2) is 5.96 Å². The lowest BCUT2D eigenvalue weighted by Crippen LogP contribution is -2.52. The fourth-order valence-corrected chi connectivity index (χ4v) is 3.01. The Kier molecular flexibility index (Phi) is 12.0. The van der Waals surface area contributed by atoms with E-state index in [1.807, 2.05) is 18.2 Å². The van der Waals surface area contributed by atoms with Crippen LogP contribution in [0.4, 0.5) is 5.69 Å². The molecule has 26 heavy (non-hydrogen) atoms. The predicted molar refractivity (Wildman–Crippen MR) is 119 cm³/mol. The summed E-state index contributed by atoms with van der Waals surface area (Å²) >= 11 is 6.31. The first-order valence-corrected chi connectivity index (χ1v) is 9.23. The first-order chi connectivity index (χ1) is 12.3. The maximum atomic E-state index is 6.31. The number of halogens is 2. The molecule has 1 aromatic rings. The number of para-hydroxylation sites is 1. The summed E-state index contributed by atoms with van der Waals surface area (Å²) in [6.45, 7) is 9.13. The molecule has 0 amide bonds. The number of hydrogen-bond donors (Lipinski definition) is 1. The molecule has 8 heteroatoms. The third kappa shape index (κ3) is 7.46. The molecule has 1 aliphatic rings. The third-order valence-electron chi connectivity index (χ3n) is 4.04. The van der Waals surface area contributed by atoms with Crippen LogP contribution in [0, 0.1) is 0 Å². The summed E-state index contributed by atoms with van der Waals surface area (Å²) < 4.78 is 10.4. The molecular formula is C18H30ClIN4O2. The van der Waals surface area contributed by atoms with Crippen LogP contribution in [-0.4, -0.2) is 77.1 Å². The number of rotatable bonds is 8. The zero-order chi connectivity index (χ0) is 17.9. The number of methoxy groups -OCH3 is 1. The quantitative estimate of drug-likeness (QED) is 0.260. The van der Waals surface area contributed by atoms with Crippen molar-refractivity contribution in [3.8, 4) is 0 Å². The highest BCUT2D eigenvalue weighted by atomic mass is 127. The van der Waals surface area contributed by atoms with Gasteiger partial charge in [0, 0.05) is 39.8 Å². The van der Waals surface area contributed by atoms with Gasteiger partial charge in [0.1, 0.15) is 0 Å². The molecule has 1 aliphatic heterocycles. The minimum atomic E-state index is 0. The number of anilines is 1. The van der Waals surface area contributed by atoms with Crippen molar-refractivity contribution in [3.05, 3.63) is 29.3 Å². The van der Waals surface area contributed by atoms with Gasteiger partial charge in [0.05, 0.1) is 37.1 Å². The topological polar surface area (TPSA) is 49.3 Å². The molecule has 1 heterocycles. The molecule has 1 fully saturated rings.